The molecule has 1 aliphatic rings. The molecule has 0 saturated heterocycles. The van der Waals surface area contributed by atoms with Gasteiger partial charge in [-0.2, -0.15) is 0 Å². The van der Waals surface area contributed by atoms with Crippen molar-refractivity contribution in [3.63, 3.8) is 0 Å². The van der Waals surface area contributed by atoms with E-state index in [1.165, 1.54) is 0 Å². The molecule has 5 nitrogen and oxygen atoms in total. The number of hydrogen-bond donors (Lipinski definition) is 1. The molecule has 0 aliphatic carbocycles. The van der Waals surface area contributed by atoms with Crippen LogP contribution in [-0.4, -0.2) is 18.4 Å². The molecule has 3 aromatic carbocycles. The van der Waals surface area contributed by atoms with Crippen molar-refractivity contribution >= 4 is 40.4 Å². The summed E-state index contributed by atoms with van der Waals surface area (Å²) in [6.45, 7) is 4.10. The van der Waals surface area contributed by atoms with E-state index in [9.17, 15) is 18.4 Å². The highest BCUT2D eigenvalue weighted by Crippen LogP contribution is 2.36. The summed E-state index contributed by atoms with van der Waals surface area (Å²) in [5.41, 5.74) is 1.21. The molecular weight excluding hydrogens is 450 g/mol. The highest BCUT2D eigenvalue weighted by atomic mass is 35.5. The Morgan fingerprint density at radius 1 is 0.970 bits per heavy atom. The molecule has 8 heteroatoms. The van der Waals surface area contributed by atoms with Crippen molar-refractivity contribution in [2.45, 2.75) is 13.8 Å². The van der Waals surface area contributed by atoms with Crippen LogP contribution in [0, 0.1) is 18.6 Å². The van der Waals surface area contributed by atoms with Gasteiger partial charge in [0.15, 0.2) is 0 Å². The number of aryl methyl sites for hydroxylation is 1. The predicted molar refractivity (Wildman–Crippen MR) is 123 cm³/mol. The first kappa shape index (κ1) is 22.5. The molecule has 1 N–H and O–H groups in total. The summed E-state index contributed by atoms with van der Waals surface area (Å²) in [4.78, 5) is 27.4. The van der Waals surface area contributed by atoms with Crippen LogP contribution in [0.15, 0.2) is 66.4 Å². The Morgan fingerprint density at radius 2 is 1.70 bits per heavy atom. The van der Waals surface area contributed by atoms with E-state index >= 15 is 0 Å². The van der Waals surface area contributed by atoms with Gasteiger partial charge in [-0.15, -0.1) is 0 Å². The number of carbonyl (C=O) groups is 2. The second-order valence-electron chi connectivity index (χ2n) is 7.33. The van der Waals surface area contributed by atoms with E-state index in [0.29, 0.717) is 33.5 Å². The minimum Gasteiger partial charge on any atom is -0.494 e. The molecule has 2 amide bonds. The largest absolute Gasteiger partial charge is 0.494 e. The Labute approximate surface area is 194 Å². The van der Waals surface area contributed by atoms with Gasteiger partial charge >= 0.3 is 0 Å². The molecule has 0 bridgehead atoms. The Balaban J connectivity index is 1.84. The van der Waals surface area contributed by atoms with Gasteiger partial charge in [-0.3, -0.25) is 9.59 Å². The first-order chi connectivity index (χ1) is 15.8. The number of ether oxygens (including phenoxy) is 1. The van der Waals surface area contributed by atoms with Crippen molar-refractivity contribution in [3.8, 4) is 5.75 Å². The zero-order valence-corrected chi connectivity index (χ0v) is 18.5. The smallest absolute Gasteiger partial charge is 0.282 e. The molecule has 0 atom stereocenters. The second-order valence-corrected chi connectivity index (χ2v) is 7.77. The number of rotatable bonds is 6. The summed E-state index contributed by atoms with van der Waals surface area (Å²) < 4.78 is 33.8. The Kier molecular flexibility index (Phi) is 6.16. The number of halogens is 3. The van der Waals surface area contributed by atoms with Gasteiger partial charge in [-0.25, -0.2) is 13.7 Å². The van der Waals surface area contributed by atoms with E-state index in [4.69, 9.17) is 16.3 Å². The van der Waals surface area contributed by atoms with Gasteiger partial charge in [0.2, 0.25) is 0 Å². The van der Waals surface area contributed by atoms with Gasteiger partial charge in [0.25, 0.3) is 11.8 Å². The van der Waals surface area contributed by atoms with Gasteiger partial charge in [-0.1, -0.05) is 23.7 Å². The number of benzene rings is 3. The summed E-state index contributed by atoms with van der Waals surface area (Å²) in [6.07, 6.45) is 0. The third-order valence-corrected chi connectivity index (χ3v) is 5.37. The normalized spacial score (nSPS) is 13.7. The monoisotopic (exact) mass is 468 g/mol. The van der Waals surface area contributed by atoms with Crippen LogP contribution in [0.5, 0.6) is 5.75 Å². The minimum atomic E-state index is -0.895. The first-order valence-corrected chi connectivity index (χ1v) is 10.5. The van der Waals surface area contributed by atoms with E-state index in [-0.39, 0.29) is 11.3 Å². The third kappa shape index (κ3) is 4.32. The van der Waals surface area contributed by atoms with Gasteiger partial charge in [-0.05, 0) is 67.4 Å². The standard InChI is InChI=1S/C25H19ClF2N2O3/c1-3-33-18-8-4-15(5-9-18)22-23(29-20-11-6-16(26)12-14(20)2)25(32)30(24(22)31)21-13-17(27)7-10-19(21)28/h4-13,29H,3H2,1-2H3. The first-order valence-electron chi connectivity index (χ1n) is 10.1. The van der Waals surface area contributed by atoms with Crippen LogP contribution in [0.4, 0.5) is 20.2 Å². The van der Waals surface area contributed by atoms with Crippen molar-refractivity contribution in [1.29, 1.82) is 0 Å². The number of nitrogens with one attached hydrogen (secondary N) is 1. The third-order valence-electron chi connectivity index (χ3n) is 5.14. The number of anilines is 2. The number of carbonyl (C=O) groups excluding carboxylic acids is 2. The average Bonchev–Trinajstić information content (AvgIpc) is 3.02. The van der Waals surface area contributed by atoms with Crippen molar-refractivity contribution in [1.82, 2.24) is 0 Å². The molecule has 0 aromatic heterocycles. The molecule has 3 aromatic rings. The Bertz CT molecular complexity index is 1290. The number of imide groups is 1. The molecule has 0 saturated carbocycles. The summed E-state index contributed by atoms with van der Waals surface area (Å²) >= 11 is 6.03. The highest BCUT2D eigenvalue weighted by molar-refractivity contribution is 6.46. The van der Waals surface area contributed by atoms with Gasteiger partial charge in [0.1, 0.15) is 23.1 Å². The van der Waals surface area contributed by atoms with E-state index in [1.54, 1.807) is 49.4 Å². The van der Waals surface area contributed by atoms with E-state index < -0.39 is 29.1 Å². The van der Waals surface area contributed by atoms with Crippen LogP contribution >= 0.6 is 11.6 Å². The Hall–Kier alpha value is -3.71. The molecular formula is C25H19ClF2N2O3. The van der Waals surface area contributed by atoms with Gasteiger partial charge < -0.3 is 10.1 Å². The SMILES string of the molecule is CCOc1ccc(C2=C(Nc3ccc(Cl)cc3C)C(=O)N(c3cc(F)ccc3F)C2=O)cc1. The van der Waals surface area contributed by atoms with Crippen LogP contribution in [0.1, 0.15) is 18.1 Å². The highest BCUT2D eigenvalue weighted by Gasteiger charge is 2.41. The predicted octanol–water partition coefficient (Wildman–Crippen LogP) is 5.72. The maximum absolute atomic E-state index is 14.5. The van der Waals surface area contributed by atoms with Crippen LogP contribution in [0.3, 0.4) is 0 Å². The molecule has 168 valence electrons. The lowest BCUT2D eigenvalue weighted by Gasteiger charge is -2.16. The van der Waals surface area contributed by atoms with Crippen LogP contribution in [-0.2, 0) is 9.59 Å². The van der Waals surface area contributed by atoms with E-state index in [2.05, 4.69) is 5.32 Å². The summed E-state index contributed by atoms with van der Waals surface area (Å²) in [7, 11) is 0. The lowest BCUT2D eigenvalue weighted by Crippen LogP contribution is -2.33. The molecule has 0 fully saturated rings. The number of hydrogen-bond acceptors (Lipinski definition) is 4. The molecule has 0 spiro atoms. The fourth-order valence-corrected chi connectivity index (χ4v) is 3.80. The van der Waals surface area contributed by atoms with E-state index in [1.807, 2.05) is 6.92 Å². The van der Waals surface area contributed by atoms with Gasteiger partial charge in [0, 0.05) is 16.8 Å². The number of amides is 2. The summed E-state index contributed by atoms with van der Waals surface area (Å²) in [5, 5.41) is 3.51. The maximum Gasteiger partial charge on any atom is 0.282 e. The molecule has 0 unspecified atom stereocenters. The zero-order valence-electron chi connectivity index (χ0n) is 17.8. The van der Waals surface area contributed by atoms with Crippen molar-refractivity contribution in [2.75, 3.05) is 16.8 Å². The van der Waals surface area contributed by atoms with Crippen LogP contribution in [0.2, 0.25) is 5.02 Å². The van der Waals surface area contributed by atoms with Crippen LogP contribution < -0.4 is 15.0 Å². The van der Waals surface area contributed by atoms with Crippen molar-refractivity contribution < 1.29 is 23.1 Å². The second kappa shape index (κ2) is 9.03. The molecule has 4 rings (SSSR count). The summed E-state index contributed by atoms with van der Waals surface area (Å²) in [6, 6.07) is 14.2. The lowest BCUT2D eigenvalue weighted by atomic mass is 10.0. The zero-order chi connectivity index (χ0) is 23.7. The quantitative estimate of drug-likeness (QED) is 0.470. The lowest BCUT2D eigenvalue weighted by molar-refractivity contribution is -0.120. The Morgan fingerprint density at radius 3 is 2.36 bits per heavy atom. The fourth-order valence-electron chi connectivity index (χ4n) is 3.58. The molecule has 1 heterocycles. The van der Waals surface area contributed by atoms with Crippen molar-refractivity contribution in [3.05, 3.63) is 94.1 Å². The molecule has 1 aliphatic heterocycles. The molecule has 33 heavy (non-hydrogen) atoms. The van der Waals surface area contributed by atoms with E-state index in [0.717, 1.165) is 23.8 Å². The topological polar surface area (TPSA) is 58.6 Å². The van der Waals surface area contributed by atoms with Gasteiger partial charge in [0.05, 0.1) is 17.9 Å². The average molecular weight is 469 g/mol. The fraction of sp³-hybridized carbons (Fsp3) is 0.120. The van der Waals surface area contributed by atoms with Crippen LogP contribution in [0.25, 0.3) is 5.57 Å². The number of nitrogens with zero attached hydrogens (tertiary/aromatic N) is 1. The molecule has 0 radical (unpaired) electrons. The maximum atomic E-state index is 14.5. The minimum absolute atomic E-state index is 0.0288. The summed E-state index contributed by atoms with van der Waals surface area (Å²) in [5.74, 6) is -2.65. The van der Waals surface area contributed by atoms with Crippen molar-refractivity contribution in [2.24, 2.45) is 0 Å².